The fraction of sp³-hybridized carbons (Fsp3) is 0.538. The zero-order valence-electron chi connectivity index (χ0n) is 11.9. The van der Waals surface area contributed by atoms with Crippen LogP contribution in [0.2, 0.25) is 0 Å². The van der Waals surface area contributed by atoms with Crippen LogP contribution in [0.3, 0.4) is 0 Å². The molecule has 1 fully saturated rings. The quantitative estimate of drug-likeness (QED) is 0.588. The van der Waals surface area contributed by atoms with E-state index in [1.807, 2.05) is 6.92 Å². The summed E-state index contributed by atoms with van der Waals surface area (Å²) in [6, 6.07) is 4.73. The maximum absolute atomic E-state index is 11.2. The Labute approximate surface area is 131 Å². The molecule has 1 aliphatic carbocycles. The summed E-state index contributed by atoms with van der Waals surface area (Å²) in [5.41, 5.74) is 0.622. The molecule has 1 saturated carbocycles. The van der Waals surface area contributed by atoms with E-state index in [0.29, 0.717) is 11.6 Å². The summed E-state index contributed by atoms with van der Waals surface area (Å²) in [6.45, 7) is 1.87. The minimum atomic E-state index is -3.48. The van der Waals surface area contributed by atoms with Gasteiger partial charge in [-0.1, -0.05) is 6.07 Å². The molecule has 0 bridgehead atoms. The lowest BCUT2D eigenvalue weighted by Crippen LogP contribution is -2.33. The normalized spacial score (nSPS) is 17.7. The molecule has 1 aromatic carbocycles. The van der Waals surface area contributed by atoms with Crippen LogP contribution in [0.1, 0.15) is 31.4 Å². The Hall–Kier alpha value is -1.02. The fourth-order valence-corrected chi connectivity index (χ4v) is 2.58. The fourth-order valence-electron chi connectivity index (χ4n) is 2.02. The van der Waals surface area contributed by atoms with Crippen molar-refractivity contribution in [3.05, 3.63) is 23.8 Å². The Balaban J connectivity index is 0.00000220. The number of sulfonamides is 1. The van der Waals surface area contributed by atoms with E-state index >= 15 is 0 Å². The molecule has 0 saturated heterocycles. The highest BCUT2D eigenvalue weighted by molar-refractivity contribution is 7.92. The van der Waals surface area contributed by atoms with Crippen molar-refractivity contribution in [3.63, 3.8) is 0 Å². The third kappa shape index (κ3) is 5.35. The lowest BCUT2D eigenvalue weighted by Gasteiger charge is -2.21. The second-order valence-electron chi connectivity index (χ2n) is 5.33. The summed E-state index contributed by atoms with van der Waals surface area (Å²) in [4.78, 5) is 0. The summed E-state index contributed by atoms with van der Waals surface area (Å²) >= 11 is 0. The van der Waals surface area contributed by atoms with E-state index in [2.05, 4.69) is 10.0 Å². The van der Waals surface area contributed by atoms with Gasteiger partial charge in [0, 0.05) is 12.1 Å². The Morgan fingerprint density at radius 3 is 2.48 bits per heavy atom. The molecule has 1 aromatic rings. The molecule has 0 unspecified atom stereocenters. The molecule has 0 radical (unpaired) electrons. The molecule has 6 nitrogen and oxygen atoms in total. The van der Waals surface area contributed by atoms with Crippen molar-refractivity contribution < 1.29 is 18.6 Å². The van der Waals surface area contributed by atoms with Crippen LogP contribution in [-0.4, -0.2) is 37.0 Å². The molecule has 4 N–H and O–H groups in total. The molecule has 0 aliphatic heterocycles. The number of aliphatic hydroxyl groups excluding tert-OH is 1. The second kappa shape index (κ2) is 6.83. The Morgan fingerprint density at radius 1 is 1.33 bits per heavy atom. The van der Waals surface area contributed by atoms with Crippen LogP contribution < -0.4 is 10.0 Å². The molecule has 2 atom stereocenters. The number of phenolic OH excluding ortho intramolecular Hbond substituents is 1. The van der Waals surface area contributed by atoms with Gasteiger partial charge in [-0.3, -0.25) is 4.72 Å². The van der Waals surface area contributed by atoms with Gasteiger partial charge in [-0.05, 0) is 37.5 Å². The number of aromatic hydroxyl groups is 1. The van der Waals surface area contributed by atoms with Gasteiger partial charge in [0.05, 0.1) is 18.0 Å². The maximum Gasteiger partial charge on any atom is 0.229 e. The Morgan fingerprint density at radius 2 is 1.95 bits per heavy atom. The molecule has 1 aliphatic rings. The van der Waals surface area contributed by atoms with Crippen LogP contribution in [0.4, 0.5) is 5.69 Å². The predicted molar refractivity (Wildman–Crippen MR) is 84.4 cm³/mol. The van der Waals surface area contributed by atoms with Crippen molar-refractivity contribution in [1.82, 2.24) is 5.32 Å². The first kappa shape index (κ1) is 18.0. The SMILES string of the molecule is C[C@H](NC1CC1)[C@H](O)c1ccc(O)c(NS(C)(=O)=O)c1.Cl. The van der Waals surface area contributed by atoms with Crippen LogP contribution >= 0.6 is 12.4 Å². The van der Waals surface area contributed by atoms with E-state index < -0.39 is 16.1 Å². The number of halogens is 1. The highest BCUT2D eigenvalue weighted by Crippen LogP contribution is 2.30. The zero-order valence-corrected chi connectivity index (χ0v) is 13.5. The van der Waals surface area contributed by atoms with Crippen LogP contribution in [0.25, 0.3) is 0 Å². The van der Waals surface area contributed by atoms with Crippen molar-refractivity contribution in [1.29, 1.82) is 0 Å². The highest BCUT2D eigenvalue weighted by atomic mass is 35.5. The largest absolute Gasteiger partial charge is 0.506 e. The van der Waals surface area contributed by atoms with Crippen molar-refractivity contribution >= 4 is 28.1 Å². The number of rotatable bonds is 6. The molecule has 2 rings (SSSR count). The molecule has 0 heterocycles. The summed E-state index contributed by atoms with van der Waals surface area (Å²) in [7, 11) is -3.48. The van der Waals surface area contributed by atoms with E-state index in [-0.39, 0.29) is 29.9 Å². The molecule has 0 aromatic heterocycles. The van der Waals surface area contributed by atoms with Crippen molar-refractivity contribution in [2.45, 2.75) is 38.0 Å². The molecule has 21 heavy (non-hydrogen) atoms. The minimum Gasteiger partial charge on any atom is -0.506 e. The average Bonchev–Trinajstić information content (AvgIpc) is 3.13. The van der Waals surface area contributed by atoms with Crippen LogP contribution in [0, 0.1) is 0 Å². The smallest absolute Gasteiger partial charge is 0.229 e. The third-order valence-corrected chi connectivity index (χ3v) is 3.80. The summed E-state index contributed by atoms with van der Waals surface area (Å²) in [5, 5.41) is 23.2. The molecular weight excluding hydrogens is 316 g/mol. The minimum absolute atomic E-state index is 0. The Kier molecular flexibility index (Phi) is 5.86. The number of nitrogens with one attached hydrogen (secondary N) is 2. The van der Waals surface area contributed by atoms with Crippen molar-refractivity contribution in [3.8, 4) is 5.75 Å². The molecule has 0 spiro atoms. The van der Waals surface area contributed by atoms with E-state index in [0.717, 1.165) is 19.1 Å². The lowest BCUT2D eigenvalue weighted by atomic mass is 10.0. The Bertz CT molecular complexity index is 590. The summed E-state index contributed by atoms with van der Waals surface area (Å²) in [5.74, 6) is -0.172. The number of anilines is 1. The van der Waals surface area contributed by atoms with Crippen LogP contribution in [0.15, 0.2) is 18.2 Å². The third-order valence-electron chi connectivity index (χ3n) is 3.21. The van der Waals surface area contributed by atoms with Gasteiger partial charge in [0.2, 0.25) is 10.0 Å². The average molecular weight is 337 g/mol. The highest BCUT2D eigenvalue weighted by Gasteiger charge is 2.26. The van der Waals surface area contributed by atoms with Gasteiger partial charge < -0.3 is 15.5 Å². The van der Waals surface area contributed by atoms with Gasteiger partial charge in [0.15, 0.2) is 0 Å². The van der Waals surface area contributed by atoms with Gasteiger partial charge in [-0.25, -0.2) is 8.42 Å². The number of phenols is 1. The standard InChI is InChI=1S/C13H20N2O4S.ClH/c1-8(14-10-4-5-10)13(17)9-3-6-12(16)11(7-9)15-20(2,18)19;/h3,6-8,10,13-17H,4-5H2,1-2H3;1H/t8-,13-;/m0./s1. The topological polar surface area (TPSA) is 98.7 Å². The van der Waals surface area contributed by atoms with E-state index in [1.165, 1.54) is 12.1 Å². The summed E-state index contributed by atoms with van der Waals surface area (Å²) < 4.78 is 24.7. The van der Waals surface area contributed by atoms with Crippen molar-refractivity contribution in [2.75, 3.05) is 11.0 Å². The van der Waals surface area contributed by atoms with Crippen LogP contribution in [-0.2, 0) is 10.0 Å². The number of aliphatic hydroxyl groups is 1. The lowest BCUT2D eigenvalue weighted by molar-refractivity contribution is 0.135. The molecular formula is C13H21ClN2O4S. The maximum atomic E-state index is 11.2. The predicted octanol–water partition coefficient (Wildman–Crippen LogP) is 1.36. The first-order valence-corrected chi connectivity index (χ1v) is 8.40. The van der Waals surface area contributed by atoms with Gasteiger partial charge >= 0.3 is 0 Å². The van der Waals surface area contributed by atoms with E-state index in [9.17, 15) is 18.6 Å². The number of hydrogen-bond donors (Lipinski definition) is 4. The summed E-state index contributed by atoms with van der Waals surface area (Å²) in [6.07, 6.45) is 2.48. The van der Waals surface area contributed by atoms with Gasteiger partial charge in [0.25, 0.3) is 0 Å². The van der Waals surface area contributed by atoms with Crippen molar-refractivity contribution in [2.24, 2.45) is 0 Å². The van der Waals surface area contributed by atoms with E-state index in [1.54, 1.807) is 6.07 Å². The monoisotopic (exact) mass is 336 g/mol. The van der Waals surface area contributed by atoms with Gasteiger partial charge in [0.1, 0.15) is 5.75 Å². The number of benzene rings is 1. The molecule has 120 valence electrons. The molecule has 0 amide bonds. The van der Waals surface area contributed by atoms with Gasteiger partial charge in [-0.15, -0.1) is 12.4 Å². The van der Waals surface area contributed by atoms with Crippen LogP contribution in [0.5, 0.6) is 5.75 Å². The van der Waals surface area contributed by atoms with E-state index in [4.69, 9.17) is 0 Å². The number of hydrogen-bond acceptors (Lipinski definition) is 5. The zero-order chi connectivity index (χ0) is 14.9. The van der Waals surface area contributed by atoms with Gasteiger partial charge in [-0.2, -0.15) is 0 Å². The first-order chi connectivity index (χ1) is 9.26. The first-order valence-electron chi connectivity index (χ1n) is 6.51. The molecule has 8 heteroatoms. The second-order valence-corrected chi connectivity index (χ2v) is 7.07.